The van der Waals surface area contributed by atoms with Crippen molar-refractivity contribution in [1.82, 2.24) is 5.32 Å². The number of hydrogen-bond donors (Lipinski definition) is 2. The van der Waals surface area contributed by atoms with Gasteiger partial charge in [-0.05, 0) is 31.9 Å². The fraction of sp³-hybridized carbons (Fsp3) is 0.500. The Labute approximate surface area is 108 Å². The Hall–Kier alpha value is -1.55. The number of ether oxygens (including phenoxy) is 1. The minimum atomic E-state index is -0.174. The van der Waals surface area contributed by atoms with Crippen LogP contribution in [0.15, 0.2) is 24.3 Å². The van der Waals surface area contributed by atoms with Crippen LogP contribution in [-0.2, 0) is 0 Å². The van der Waals surface area contributed by atoms with E-state index >= 15 is 0 Å². The quantitative estimate of drug-likeness (QED) is 0.811. The van der Waals surface area contributed by atoms with E-state index in [1.54, 1.807) is 18.2 Å². The molecule has 0 aliphatic rings. The molecular weight excluding hydrogens is 230 g/mol. The van der Waals surface area contributed by atoms with Gasteiger partial charge in [0, 0.05) is 12.6 Å². The van der Waals surface area contributed by atoms with Gasteiger partial charge in [0.2, 0.25) is 0 Å². The number of nitrogens with one attached hydrogen (secondary N) is 1. The molecule has 2 N–H and O–H groups in total. The summed E-state index contributed by atoms with van der Waals surface area (Å²) in [4.78, 5) is 12.1. The Morgan fingerprint density at radius 3 is 2.67 bits per heavy atom. The first-order valence-electron chi connectivity index (χ1n) is 6.23. The summed E-state index contributed by atoms with van der Waals surface area (Å²) in [5, 5.41) is 11.9. The SMILES string of the molecule is CCOc1ccccc1C(=O)N[C@@H](C)[C@H](C)CO. The van der Waals surface area contributed by atoms with Crippen molar-refractivity contribution < 1.29 is 14.6 Å². The summed E-state index contributed by atoms with van der Waals surface area (Å²) in [6.07, 6.45) is 0. The first kappa shape index (κ1) is 14.5. The predicted molar refractivity (Wildman–Crippen MR) is 70.8 cm³/mol. The lowest BCUT2D eigenvalue weighted by Gasteiger charge is -2.20. The summed E-state index contributed by atoms with van der Waals surface area (Å²) in [7, 11) is 0. The maximum atomic E-state index is 12.1. The molecule has 0 fully saturated rings. The smallest absolute Gasteiger partial charge is 0.255 e. The highest BCUT2D eigenvalue weighted by Gasteiger charge is 2.17. The van der Waals surface area contributed by atoms with Crippen LogP contribution in [0, 0.1) is 5.92 Å². The van der Waals surface area contributed by atoms with Crippen LogP contribution in [0.2, 0.25) is 0 Å². The molecule has 0 heterocycles. The summed E-state index contributed by atoms with van der Waals surface area (Å²) >= 11 is 0. The molecule has 0 unspecified atom stereocenters. The summed E-state index contributed by atoms with van der Waals surface area (Å²) in [5.74, 6) is 0.432. The number of aliphatic hydroxyl groups excluding tert-OH is 1. The Morgan fingerprint density at radius 1 is 1.39 bits per heavy atom. The number of para-hydroxylation sites is 1. The number of benzene rings is 1. The van der Waals surface area contributed by atoms with E-state index in [9.17, 15) is 4.79 Å². The molecule has 1 amide bonds. The van der Waals surface area contributed by atoms with Crippen molar-refractivity contribution in [3.63, 3.8) is 0 Å². The van der Waals surface area contributed by atoms with E-state index in [0.29, 0.717) is 17.9 Å². The second-order valence-electron chi connectivity index (χ2n) is 4.35. The zero-order valence-corrected chi connectivity index (χ0v) is 11.1. The number of hydrogen-bond acceptors (Lipinski definition) is 3. The van der Waals surface area contributed by atoms with E-state index in [-0.39, 0.29) is 24.5 Å². The Bertz CT molecular complexity index is 392. The number of carbonyl (C=O) groups excluding carboxylic acids is 1. The van der Waals surface area contributed by atoms with Crippen LogP contribution in [-0.4, -0.2) is 30.3 Å². The van der Waals surface area contributed by atoms with E-state index in [1.165, 1.54) is 0 Å². The molecule has 100 valence electrons. The lowest BCUT2D eigenvalue weighted by molar-refractivity contribution is 0.0912. The van der Waals surface area contributed by atoms with Gasteiger partial charge >= 0.3 is 0 Å². The van der Waals surface area contributed by atoms with Crippen LogP contribution >= 0.6 is 0 Å². The van der Waals surface area contributed by atoms with Crippen molar-refractivity contribution in [1.29, 1.82) is 0 Å². The zero-order valence-electron chi connectivity index (χ0n) is 11.1. The largest absolute Gasteiger partial charge is 0.493 e. The molecule has 1 aromatic carbocycles. The van der Waals surface area contributed by atoms with Gasteiger partial charge in [0.25, 0.3) is 5.91 Å². The molecule has 0 aromatic heterocycles. The van der Waals surface area contributed by atoms with Gasteiger partial charge in [-0.2, -0.15) is 0 Å². The van der Waals surface area contributed by atoms with E-state index in [1.807, 2.05) is 26.8 Å². The van der Waals surface area contributed by atoms with Crippen molar-refractivity contribution in [2.75, 3.05) is 13.2 Å². The lowest BCUT2D eigenvalue weighted by Crippen LogP contribution is -2.38. The molecule has 1 rings (SSSR count). The standard InChI is InChI=1S/C14H21NO3/c1-4-18-13-8-6-5-7-12(13)14(17)15-11(3)10(2)9-16/h5-8,10-11,16H,4,9H2,1-3H3,(H,15,17)/t10-,11+/m1/s1. The van der Waals surface area contributed by atoms with Crippen LogP contribution in [0.1, 0.15) is 31.1 Å². The molecular formula is C14H21NO3. The third-order valence-corrected chi connectivity index (χ3v) is 2.93. The topological polar surface area (TPSA) is 58.6 Å². The van der Waals surface area contributed by atoms with Crippen molar-refractivity contribution in [2.24, 2.45) is 5.92 Å². The van der Waals surface area contributed by atoms with Crippen molar-refractivity contribution in [3.05, 3.63) is 29.8 Å². The number of amides is 1. The molecule has 0 aliphatic carbocycles. The first-order valence-corrected chi connectivity index (χ1v) is 6.23. The maximum absolute atomic E-state index is 12.1. The predicted octanol–water partition coefficient (Wildman–Crippen LogP) is 1.83. The second-order valence-corrected chi connectivity index (χ2v) is 4.35. The van der Waals surface area contributed by atoms with Gasteiger partial charge in [0.1, 0.15) is 5.75 Å². The number of rotatable bonds is 6. The van der Waals surface area contributed by atoms with Crippen molar-refractivity contribution in [2.45, 2.75) is 26.8 Å². The van der Waals surface area contributed by atoms with Crippen LogP contribution in [0.25, 0.3) is 0 Å². The average molecular weight is 251 g/mol. The summed E-state index contributed by atoms with van der Waals surface area (Å²) < 4.78 is 5.42. The molecule has 1 aromatic rings. The van der Waals surface area contributed by atoms with Crippen LogP contribution in [0.3, 0.4) is 0 Å². The highest BCUT2D eigenvalue weighted by Crippen LogP contribution is 2.18. The molecule has 2 atom stereocenters. The Kier molecular flexibility index (Phi) is 5.65. The van der Waals surface area contributed by atoms with E-state index in [0.717, 1.165) is 0 Å². The molecule has 0 spiro atoms. The summed E-state index contributed by atoms with van der Waals surface area (Å²) in [6.45, 7) is 6.22. The van der Waals surface area contributed by atoms with Crippen molar-refractivity contribution in [3.8, 4) is 5.75 Å². The van der Waals surface area contributed by atoms with Gasteiger partial charge in [-0.1, -0.05) is 19.1 Å². The molecule has 0 bridgehead atoms. The molecule has 0 aliphatic heterocycles. The number of carbonyl (C=O) groups is 1. The minimum absolute atomic E-state index is 0.0215. The second kappa shape index (κ2) is 7.01. The Balaban J connectivity index is 2.77. The molecule has 18 heavy (non-hydrogen) atoms. The Morgan fingerprint density at radius 2 is 2.06 bits per heavy atom. The van der Waals surface area contributed by atoms with E-state index < -0.39 is 0 Å². The van der Waals surface area contributed by atoms with Gasteiger partial charge in [-0.25, -0.2) is 0 Å². The fourth-order valence-electron chi connectivity index (χ4n) is 1.52. The van der Waals surface area contributed by atoms with Crippen LogP contribution < -0.4 is 10.1 Å². The molecule has 0 radical (unpaired) electrons. The monoisotopic (exact) mass is 251 g/mol. The van der Waals surface area contributed by atoms with E-state index in [2.05, 4.69) is 5.32 Å². The molecule has 4 nitrogen and oxygen atoms in total. The normalized spacial score (nSPS) is 13.8. The highest BCUT2D eigenvalue weighted by molar-refractivity contribution is 5.97. The van der Waals surface area contributed by atoms with Gasteiger partial charge in [-0.3, -0.25) is 4.79 Å². The van der Waals surface area contributed by atoms with Gasteiger partial charge in [-0.15, -0.1) is 0 Å². The maximum Gasteiger partial charge on any atom is 0.255 e. The average Bonchev–Trinajstić information content (AvgIpc) is 2.38. The van der Waals surface area contributed by atoms with Gasteiger partial charge in [0.15, 0.2) is 0 Å². The first-order chi connectivity index (χ1) is 8.60. The summed E-state index contributed by atoms with van der Waals surface area (Å²) in [6, 6.07) is 7.06. The van der Waals surface area contributed by atoms with Gasteiger partial charge in [0.05, 0.1) is 12.2 Å². The number of aliphatic hydroxyl groups is 1. The molecule has 0 saturated heterocycles. The van der Waals surface area contributed by atoms with Gasteiger partial charge < -0.3 is 15.2 Å². The summed E-state index contributed by atoms with van der Waals surface area (Å²) in [5.41, 5.74) is 0.524. The molecule has 0 saturated carbocycles. The highest BCUT2D eigenvalue weighted by atomic mass is 16.5. The van der Waals surface area contributed by atoms with Crippen molar-refractivity contribution >= 4 is 5.91 Å². The third kappa shape index (κ3) is 3.74. The zero-order chi connectivity index (χ0) is 13.5. The minimum Gasteiger partial charge on any atom is -0.493 e. The lowest BCUT2D eigenvalue weighted by atomic mass is 10.0. The van der Waals surface area contributed by atoms with Crippen LogP contribution in [0.5, 0.6) is 5.75 Å². The molecule has 4 heteroatoms. The van der Waals surface area contributed by atoms with E-state index in [4.69, 9.17) is 9.84 Å². The van der Waals surface area contributed by atoms with Crippen LogP contribution in [0.4, 0.5) is 0 Å². The third-order valence-electron chi connectivity index (χ3n) is 2.93. The fourth-order valence-corrected chi connectivity index (χ4v) is 1.52.